The maximum atomic E-state index is 5.53. The molecule has 5 heteroatoms. The number of benzene rings is 1. The second kappa shape index (κ2) is 6.75. The zero-order valence-corrected chi connectivity index (χ0v) is 12.0. The van der Waals surface area contributed by atoms with Crippen molar-refractivity contribution >= 4 is 5.82 Å². The van der Waals surface area contributed by atoms with Crippen LogP contribution in [0.15, 0.2) is 36.7 Å². The fraction of sp³-hybridized carbons (Fsp3) is 0.333. The van der Waals surface area contributed by atoms with E-state index in [4.69, 9.17) is 9.47 Å². The van der Waals surface area contributed by atoms with Gasteiger partial charge in [0.2, 0.25) is 5.88 Å². The molecule has 0 fully saturated rings. The van der Waals surface area contributed by atoms with Crippen molar-refractivity contribution < 1.29 is 9.47 Å². The van der Waals surface area contributed by atoms with Gasteiger partial charge in [-0.1, -0.05) is 12.1 Å². The Hall–Kier alpha value is -2.30. The van der Waals surface area contributed by atoms with Crippen molar-refractivity contribution in [1.82, 2.24) is 9.97 Å². The van der Waals surface area contributed by atoms with Gasteiger partial charge in [-0.05, 0) is 31.5 Å². The molecule has 0 saturated carbocycles. The molecular weight excluding hydrogens is 254 g/mol. The van der Waals surface area contributed by atoms with Gasteiger partial charge >= 0.3 is 0 Å². The number of methoxy groups -OCH3 is 1. The van der Waals surface area contributed by atoms with Gasteiger partial charge in [0.15, 0.2) is 0 Å². The number of hydrogen-bond acceptors (Lipinski definition) is 5. The Labute approximate surface area is 119 Å². The molecule has 1 heterocycles. The van der Waals surface area contributed by atoms with Crippen LogP contribution in [0.4, 0.5) is 5.82 Å². The number of ether oxygens (including phenoxy) is 2. The van der Waals surface area contributed by atoms with Crippen LogP contribution < -0.4 is 14.8 Å². The first-order chi connectivity index (χ1) is 9.67. The van der Waals surface area contributed by atoms with Crippen LogP contribution in [0.5, 0.6) is 11.6 Å². The molecule has 1 aromatic carbocycles. The molecule has 0 bridgehead atoms. The van der Waals surface area contributed by atoms with E-state index < -0.39 is 0 Å². The van der Waals surface area contributed by atoms with Gasteiger partial charge in [-0.25, -0.2) is 9.97 Å². The fourth-order valence-corrected chi connectivity index (χ4v) is 1.72. The summed E-state index contributed by atoms with van der Waals surface area (Å²) in [5, 5.41) is 3.24. The minimum absolute atomic E-state index is 0.0936. The molecule has 106 valence electrons. The van der Waals surface area contributed by atoms with Gasteiger partial charge in [-0.2, -0.15) is 0 Å². The highest BCUT2D eigenvalue weighted by Gasteiger charge is 2.02. The number of aromatic nitrogens is 2. The Bertz CT molecular complexity index is 558. The fourth-order valence-electron chi connectivity index (χ4n) is 1.72. The largest absolute Gasteiger partial charge is 0.497 e. The van der Waals surface area contributed by atoms with E-state index in [0.29, 0.717) is 12.4 Å². The van der Waals surface area contributed by atoms with E-state index in [0.717, 1.165) is 17.1 Å². The first kappa shape index (κ1) is 14.1. The summed E-state index contributed by atoms with van der Waals surface area (Å²) in [5.41, 5.74) is 1.12. The van der Waals surface area contributed by atoms with Crippen LogP contribution in [0.3, 0.4) is 0 Å². The molecule has 2 aromatic rings. The van der Waals surface area contributed by atoms with Crippen LogP contribution in [0.25, 0.3) is 0 Å². The highest BCUT2D eigenvalue weighted by Crippen LogP contribution is 2.16. The summed E-state index contributed by atoms with van der Waals surface area (Å²) in [5.74, 6) is 2.15. The molecule has 0 amide bonds. The standard InChI is InChI=1S/C15H19N3O2/c1-11(2)20-15-8-14(17-10-18-15)16-9-12-5-4-6-13(7-12)19-3/h4-8,10-11H,9H2,1-3H3,(H,16,17,18). The summed E-state index contributed by atoms with van der Waals surface area (Å²) >= 11 is 0. The summed E-state index contributed by atoms with van der Waals surface area (Å²) in [4.78, 5) is 8.24. The molecule has 2 rings (SSSR count). The number of nitrogens with zero attached hydrogens (tertiary/aromatic N) is 2. The van der Waals surface area contributed by atoms with E-state index in [-0.39, 0.29) is 6.10 Å². The van der Waals surface area contributed by atoms with E-state index >= 15 is 0 Å². The van der Waals surface area contributed by atoms with Gasteiger partial charge in [0, 0.05) is 12.6 Å². The molecule has 0 saturated heterocycles. The molecular formula is C15H19N3O2. The monoisotopic (exact) mass is 273 g/mol. The second-order valence-corrected chi connectivity index (χ2v) is 4.61. The summed E-state index contributed by atoms with van der Waals surface area (Å²) in [7, 11) is 1.66. The van der Waals surface area contributed by atoms with Gasteiger partial charge in [0.25, 0.3) is 0 Å². The Kier molecular flexibility index (Phi) is 4.76. The summed E-state index contributed by atoms with van der Waals surface area (Å²) in [6.45, 7) is 4.59. The zero-order chi connectivity index (χ0) is 14.4. The summed E-state index contributed by atoms with van der Waals surface area (Å²) in [6.07, 6.45) is 1.59. The molecule has 0 spiro atoms. The Morgan fingerprint density at radius 3 is 2.80 bits per heavy atom. The van der Waals surface area contributed by atoms with Crippen molar-refractivity contribution in [2.24, 2.45) is 0 Å². The lowest BCUT2D eigenvalue weighted by molar-refractivity contribution is 0.232. The normalized spacial score (nSPS) is 10.4. The molecule has 1 aromatic heterocycles. The number of anilines is 1. The molecule has 5 nitrogen and oxygen atoms in total. The second-order valence-electron chi connectivity index (χ2n) is 4.61. The topological polar surface area (TPSA) is 56.3 Å². The third kappa shape index (κ3) is 4.12. The molecule has 0 atom stereocenters. The quantitative estimate of drug-likeness (QED) is 0.877. The van der Waals surface area contributed by atoms with E-state index in [1.54, 1.807) is 13.2 Å². The maximum Gasteiger partial charge on any atom is 0.218 e. The molecule has 0 unspecified atom stereocenters. The third-order valence-corrected chi connectivity index (χ3v) is 2.61. The van der Waals surface area contributed by atoms with Gasteiger partial charge < -0.3 is 14.8 Å². The molecule has 0 aliphatic carbocycles. The summed E-state index contributed by atoms with van der Waals surface area (Å²) in [6, 6.07) is 9.69. The van der Waals surface area contributed by atoms with Crippen molar-refractivity contribution in [2.45, 2.75) is 26.5 Å². The molecule has 0 aliphatic heterocycles. The number of hydrogen-bond donors (Lipinski definition) is 1. The average molecular weight is 273 g/mol. The lowest BCUT2D eigenvalue weighted by atomic mass is 10.2. The van der Waals surface area contributed by atoms with Crippen LogP contribution in [0.2, 0.25) is 0 Å². The molecule has 1 N–H and O–H groups in total. The van der Waals surface area contributed by atoms with E-state index in [1.807, 2.05) is 38.1 Å². The SMILES string of the molecule is COc1cccc(CNc2cc(OC(C)C)ncn2)c1. The highest BCUT2D eigenvalue weighted by molar-refractivity contribution is 5.39. The van der Waals surface area contributed by atoms with Gasteiger partial charge in [-0.15, -0.1) is 0 Å². The minimum atomic E-state index is 0.0936. The van der Waals surface area contributed by atoms with E-state index in [9.17, 15) is 0 Å². The highest BCUT2D eigenvalue weighted by atomic mass is 16.5. The summed E-state index contributed by atoms with van der Waals surface area (Å²) < 4.78 is 10.7. The van der Waals surface area contributed by atoms with E-state index in [2.05, 4.69) is 15.3 Å². The zero-order valence-electron chi connectivity index (χ0n) is 12.0. The van der Waals surface area contributed by atoms with Crippen LogP contribution in [0.1, 0.15) is 19.4 Å². The lowest BCUT2D eigenvalue weighted by Crippen LogP contribution is -2.08. The van der Waals surface area contributed by atoms with Crippen LogP contribution in [-0.4, -0.2) is 23.2 Å². The first-order valence-electron chi connectivity index (χ1n) is 6.53. The smallest absolute Gasteiger partial charge is 0.218 e. The molecule has 0 aliphatic rings. The predicted octanol–water partition coefficient (Wildman–Crippen LogP) is 2.88. The van der Waals surface area contributed by atoms with Crippen molar-refractivity contribution in [1.29, 1.82) is 0 Å². The van der Waals surface area contributed by atoms with Crippen molar-refractivity contribution in [3.05, 3.63) is 42.2 Å². The van der Waals surface area contributed by atoms with E-state index in [1.165, 1.54) is 6.33 Å². The lowest BCUT2D eigenvalue weighted by Gasteiger charge is -2.10. The Balaban J connectivity index is 1.99. The van der Waals surface area contributed by atoms with Crippen molar-refractivity contribution in [3.8, 4) is 11.6 Å². The van der Waals surface area contributed by atoms with Crippen LogP contribution >= 0.6 is 0 Å². The van der Waals surface area contributed by atoms with Gasteiger partial charge in [0.05, 0.1) is 13.2 Å². The minimum Gasteiger partial charge on any atom is -0.497 e. The Morgan fingerprint density at radius 2 is 2.05 bits per heavy atom. The van der Waals surface area contributed by atoms with Crippen LogP contribution in [0, 0.1) is 0 Å². The molecule has 20 heavy (non-hydrogen) atoms. The first-order valence-corrected chi connectivity index (χ1v) is 6.53. The average Bonchev–Trinajstić information content (AvgIpc) is 2.45. The van der Waals surface area contributed by atoms with Crippen LogP contribution in [-0.2, 0) is 6.54 Å². The Morgan fingerprint density at radius 1 is 1.20 bits per heavy atom. The third-order valence-electron chi connectivity index (χ3n) is 2.61. The van der Waals surface area contributed by atoms with Gasteiger partial charge in [-0.3, -0.25) is 0 Å². The number of rotatable bonds is 6. The number of nitrogens with one attached hydrogen (secondary N) is 1. The van der Waals surface area contributed by atoms with Crippen molar-refractivity contribution in [3.63, 3.8) is 0 Å². The van der Waals surface area contributed by atoms with Gasteiger partial charge in [0.1, 0.15) is 17.9 Å². The molecule has 0 radical (unpaired) electrons. The maximum absolute atomic E-state index is 5.53. The predicted molar refractivity (Wildman–Crippen MR) is 78.1 cm³/mol. The van der Waals surface area contributed by atoms with Crippen molar-refractivity contribution in [2.75, 3.05) is 12.4 Å².